The summed E-state index contributed by atoms with van der Waals surface area (Å²) in [5, 5.41) is 2.74. The van der Waals surface area contributed by atoms with Gasteiger partial charge < -0.3 is 14.8 Å². The predicted octanol–water partition coefficient (Wildman–Crippen LogP) is 2.10. The highest BCUT2D eigenvalue weighted by Gasteiger charge is 2.22. The molecule has 3 rings (SSSR count). The Morgan fingerprint density at radius 2 is 2.04 bits per heavy atom. The largest absolute Gasteiger partial charge is 0.345 e. The average molecular weight is 340 g/mol. The Morgan fingerprint density at radius 1 is 1.32 bits per heavy atom. The molecule has 0 aliphatic carbocycles. The zero-order valence-corrected chi connectivity index (χ0v) is 14.6. The molecule has 0 bridgehead atoms. The van der Waals surface area contributed by atoms with Crippen LogP contribution in [-0.4, -0.2) is 39.4 Å². The second-order valence-electron chi connectivity index (χ2n) is 6.59. The first-order chi connectivity index (χ1) is 12.1. The highest BCUT2D eigenvalue weighted by Crippen LogP contribution is 2.19. The lowest BCUT2D eigenvalue weighted by Gasteiger charge is -2.30. The van der Waals surface area contributed by atoms with Crippen LogP contribution in [0.15, 0.2) is 36.9 Å². The van der Waals surface area contributed by atoms with E-state index >= 15 is 0 Å². The van der Waals surface area contributed by atoms with Crippen molar-refractivity contribution in [2.75, 3.05) is 13.1 Å². The summed E-state index contributed by atoms with van der Waals surface area (Å²) in [6.45, 7) is 7.82. The number of nitrogens with zero attached hydrogens (tertiary/aromatic N) is 3. The summed E-state index contributed by atoms with van der Waals surface area (Å²) < 4.78 is 1.90. The maximum absolute atomic E-state index is 12.7. The molecule has 0 saturated carbocycles. The lowest BCUT2D eigenvalue weighted by atomic mass is 9.99. The van der Waals surface area contributed by atoms with Crippen molar-refractivity contribution < 1.29 is 9.59 Å². The SMILES string of the molecule is C=CC(=O)NCc1nc2ccccc2n1CC(=O)N1CCC(C)CC1. The van der Waals surface area contributed by atoms with Crippen LogP contribution in [0.4, 0.5) is 0 Å². The quantitative estimate of drug-likeness (QED) is 0.848. The van der Waals surface area contributed by atoms with Crippen LogP contribution >= 0.6 is 0 Å². The molecule has 2 amide bonds. The molecule has 25 heavy (non-hydrogen) atoms. The van der Waals surface area contributed by atoms with Gasteiger partial charge in [-0.05, 0) is 37.0 Å². The smallest absolute Gasteiger partial charge is 0.243 e. The van der Waals surface area contributed by atoms with Crippen molar-refractivity contribution in [3.63, 3.8) is 0 Å². The van der Waals surface area contributed by atoms with Crippen molar-refractivity contribution in [1.82, 2.24) is 19.8 Å². The van der Waals surface area contributed by atoms with Crippen LogP contribution < -0.4 is 5.32 Å². The fraction of sp³-hybridized carbons (Fsp3) is 0.421. The van der Waals surface area contributed by atoms with Crippen molar-refractivity contribution in [3.8, 4) is 0 Å². The van der Waals surface area contributed by atoms with Gasteiger partial charge in [-0.15, -0.1) is 0 Å². The van der Waals surface area contributed by atoms with Crippen molar-refractivity contribution in [2.24, 2.45) is 5.92 Å². The van der Waals surface area contributed by atoms with Gasteiger partial charge in [-0.25, -0.2) is 4.98 Å². The minimum absolute atomic E-state index is 0.103. The molecular formula is C19H24N4O2. The number of likely N-dealkylation sites (tertiary alicyclic amines) is 1. The van der Waals surface area contributed by atoms with Crippen molar-refractivity contribution >= 4 is 22.8 Å². The van der Waals surface area contributed by atoms with E-state index in [1.165, 1.54) is 6.08 Å². The summed E-state index contributed by atoms with van der Waals surface area (Å²) >= 11 is 0. The van der Waals surface area contributed by atoms with Crippen LogP contribution in [0.1, 0.15) is 25.6 Å². The maximum atomic E-state index is 12.7. The van der Waals surface area contributed by atoms with Gasteiger partial charge in [0.05, 0.1) is 17.6 Å². The van der Waals surface area contributed by atoms with Crippen molar-refractivity contribution in [1.29, 1.82) is 0 Å². The summed E-state index contributed by atoms with van der Waals surface area (Å²) in [6, 6.07) is 7.71. The van der Waals surface area contributed by atoms with E-state index in [9.17, 15) is 9.59 Å². The molecule has 0 spiro atoms. The number of carbonyl (C=O) groups is 2. The van der Waals surface area contributed by atoms with Gasteiger partial charge in [-0.3, -0.25) is 9.59 Å². The molecule has 2 heterocycles. The highest BCUT2D eigenvalue weighted by atomic mass is 16.2. The van der Waals surface area contributed by atoms with Crippen LogP contribution in [0.25, 0.3) is 11.0 Å². The average Bonchev–Trinajstić information content (AvgIpc) is 2.98. The number of hydrogen-bond acceptors (Lipinski definition) is 3. The molecule has 132 valence electrons. The zero-order chi connectivity index (χ0) is 17.8. The van der Waals surface area contributed by atoms with E-state index < -0.39 is 0 Å². The molecule has 2 aromatic rings. The Kier molecular flexibility index (Phi) is 5.16. The molecule has 1 fully saturated rings. The summed E-state index contributed by atoms with van der Waals surface area (Å²) in [6.07, 6.45) is 3.34. The fourth-order valence-corrected chi connectivity index (χ4v) is 3.17. The number of amides is 2. The van der Waals surface area contributed by atoms with Crippen LogP contribution in [0.5, 0.6) is 0 Å². The predicted molar refractivity (Wildman–Crippen MR) is 96.8 cm³/mol. The van der Waals surface area contributed by atoms with Crippen LogP contribution in [0, 0.1) is 5.92 Å². The monoisotopic (exact) mass is 340 g/mol. The number of piperidine rings is 1. The third-order valence-corrected chi connectivity index (χ3v) is 4.77. The second-order valence-corrected chi connectivity index (χ2v) is 6.59. The van der Waals surface area contributed by atoms with E-state index in [0.717, 1.165) is 37.0 Å². The number of nitrogens with one attached hydrogen (secondary N) is 1. The van der Waals surface area contributed by atoms with Gasteiger partial charge in [0.1, 0.15) is 12.4 Å². The Morgan fingerprint density at radius 3 is 2.76 bits per heavy atom. The number of imidazole rings is 1. The first-order valence-corrected chi connectivity index (χ1v) is 8.70. The summed E-state index contributed by atoms with van der Waals surface area (Å²) in [5.41, 5.74) is 1.73. The van der Waals surface area contributed by atoms with Gasteiger partial charge in [0.2, 0.25) is 11.8 Å². The summed E-state index contributed by atoms with van der Waals surface area (Å²) in [7, 11) is 0. The molecule has 1 saturated heterocycles. The Bertz CT molecular complexity index is 788. The Labute approximate surface area is 147 Å². The highest BCUT2D eigenvalue weighted by molar-refractivity contribution is 5.87. The fourth-order valence-electron chi connectivity index (χ4n) is 3.17. The molecule has 0 radical (unpaired) electrons. The van der Waals surface area contributed by atoms with Crippen LogP contribution in [0.3, 0.4) is 0 Å². The Hall–Kier alpha value is -2.63. The topological polar surface area (TPSA) is 67.2 Å². The number of fused-ring (bicyclic) bond motifs is 1. The molecule has 1 N–H and O–H groups in total. The van der Waals surface area contributed by atoms with Gasteiger partial charge >= 0.3 is 0 Å². The molecule has 1 aromatic heterocycles. The summed E-state index contributed by atoms with van der Waals surface area (Å²) in [4.78, 5) is 30.7. The van der Waals surface area contributed by atoms with Gasteiger partial charge in [-0.1, -0.05) is 25.6 Å². The normalized spacial score (nSPS) is 15.3. The molecule has 6 heteroatoms. The van der Waals surface area contributed by atoms with Crippen LogP contribution in [0.2, 0.25) is 0 Å². The first-order valence-electron chi connectivity index (χ1n) is 8.70. The molecule has 0 atom stereocenters. The van der Waals surface area contributed by atoms with Gasteiger partial charge in [-0.2, -0.15) is 0 Å². The van der Waals surface area contributed by atoms with E-state index in [-0.39, 0.29) is 24.9 Å². The minimum atomic E-state index is -0.255. The lowest BCUT2D eigenvalue weighted by molar-refractivity contribution is -0.133. The third-order valence-electron chi connectivity index (χ3n) is 4.77. The standard InChI is InChI=1S/C19H24N4O2/c1-3-18(24)20-12-17-21-15-6-4-5-7-16(15)23(17)13-19(25)22-10-8-14(2)9-11-22/h3-7,14H,1,8-13H2,2H3,(H,20,24). The van der Waals surface area contributed by atoms with Gasteiger partial charge in [0.15, 0.2) is 0 Å². The molecular weight excluding hydrogens is 316 g/mol. The molecule has 1 aliphatic rings. The van der Waals surface area contributed by atoms with E-state index in [1.54, 1.807) is 0 Å². The number of aromatic nitrogens is 2. The Balaban J connectivity index is 1.81. The zero-order valence-electron chi connectivity index (χ0n) is 14.6. The van der Waals surface area contributed by atoms with Crippen molar-refractivity contribution in [2.45, 2.75) is 32.9 Å². The number of benzene rings is 1. The maximum Gasteiger partial charge on any atom is 0.243 e. The van der Waals surface area contributed by atoms with Gasteiger partial charge in [0.25, 0.3) is 0 Å². The van der Waals surface area contributed by atoms with Crippen molar-refractivity contribution in [3.05, 3.63) is 42.7 Å². The van der Waals surface area contributed by atoms with Crippen LogP contribution in [-0.2, 0) is 22.7 Å². The number of rotatable bonds is 5. The molecule has 1 aliphatic heterocycles. The number of para-hydroxylation sites is 2. The minimum Gasteiger partial charge on any atom is -0.345 e. The number of hydrogen-bond donors (Lipinski definition) is 1. The van der Waals surface area contributed by atoms with E-state index in [2.05, 4.69) is 23.8 Å². The molecule has 6 nitrogen and oxygen atoms in total. The van der Waals surface area contributed by atoms with E-state index in [1.807, 2.05) is 33.7 Å². The van der Waals surface area contributed by atoms with Gasteiger partial charge in [0, 0.05) is 13.1 Å². The summed E-state index contributed by atoms with van der Waals surface area (Å²) in [5.74, 6) is 1.21. The third kappa shape index (κ3) is 3.90. The molecule has 1 aromatic carbocycles. The first kappa shape index (κ1) is 17.2. The molecule has 0 unspecified atom stereocenters. The number of carbonyl (C=O) groups excluding carboxylic acids is 2. The second kappa shape index (κ2) is 7.51. The van der Waals surface area contributed by atoms with E-state index in [0.29, 0.717) is 11.7 Å². The van der Waals surface area contributed by atoms with E-state index in [4.69, 9.17) is 0 Å². The lowest BCUT2D eigenvalue weighted by Crippen LogP contribution is -2.40.